The Balaban J connectivity index is 1.76. The number of amides is 1. The predicted molar refractivity (Wildman–Crippen MR) is 94.4 cm³/mol. The number of methoxy groups -OCH3 is 1. The smallest absolute Gasteiger partial charge is 0.224 e. The maximum atomic E-state index is 12.4. The number of likely N-dealkylation sites (tertiary alicyclic amines) is 1. The predicted octanol–water partition coefficient (Wildman–Crippen LogP) is 1.34. The Morgan fingerprint density at radius 3 is 2.58 bits per heavy atom. The Labute approximate surface area is 144 Å². The summed E-state index contributed by atoms with van der Waals surface area (Å²) in [6.07, 6.45) is 2.65. The Kier molecular flexibility index (Phi) is 6.87. The van der Waals surface area contributed by atoms with Gasteiger partial charge in [0.1, 0.15) is 6.61 Å². The highest BCUT2D eigenvalue weighted by Gasteiger charge is 2.31. The number of ether oxygens (including phenoxy) is 2. The van der Waals surface area contributed by atoms with Crippen LogP contribution < -0.4 is 15.2 Å². The van der Waals surface area contributed by atoms with Gasteiger partial charge in [-0.2, -0.15) is 0 Å². The Hall–Kier alpha value is -1.79. The fourth-order valence-corrected chi connectivity index (χ4v) is 3.13. The van der Waals surface area contributed by atoms with Crippen molar-refractivity contribution in [2.45, 2.75) is 31.3 Å². The van der Waals surface area contributed by atoms with Crippen molar-refractivity contribution in [2.75, 3.05) is 40.9 Å². The molecular weight excluding hydrogens is 306 g/mol. The second-order valence-electron chi connectivity index (χ2n) is 6.30. The molecule has 0 bridgehead atoms. The van der Waals surface area contributed by atoms with Crippen molar-refractivity contribution in [3.8, 4) is 11.5 Å². The van der Waals surface area contributed by atoms with Crippen molar-refractivity contribution >= 4 is 5.91 Å². The van der Waals surface area contributed by atoms with Crippen molar-refractivity contribution in [1.29, 1.82) is 0 Å². The SMILES string of the molecule is COc1ccccc1OCCN(C)C(=O)C[C@@H]1CC[C@H](CN)N1C. The van der Waals surface area contributed by atoms with Crippen molar-refractivity contribution in [2.24, 2.45) is 5.73 Å². The molecule has 2 rings (SSSR count). The largest absolute Gasteiger partial charge is 0.493 e. The van der Waals surface area contributed by atoms with Gasteiger partial charge in [-0.25, -0.2) is 0 Å². The first-order chi connectivity index (χ1) is 11.6. The van der Waals surface area contributed by atoms with Crippen LogP contribution in [0.2, 0.25) is 0 Å². The topological polar surface area (TPSA) is 68.0 Å². The van der Waals surface area contributed by atoms with Crippen molar-refractivity contribution < 1.29 is 14.3 Å². The van der Waals surface area contributed by atoms with Crippen molar-refractivity contribution in [1.82, 2.24) is 9.80 Å². The summed E-state index contributed by atoms with van der Waals surface area (Å²) >= 11 is 0. The van der Waals surface area contributed by atoms with Gasteiger partial charge in [0.25, 0.3) is 0 Å². The minimum Gasteiger partial charge on any atom is -0.493 e. The first kappa shape index (κ1) is 18.5. The molecule has 2 N–H and O–H groups in total. The number of nitrogens with zero attached hydrogens (tertiary/aromatic N) is 2. The second-order valence-corrected chi connectivity index (χ2v) is 6.30. The maximum Gasteiger partial charge on any atom is 0.224 e. The molecule has 1 amide bonds. The minimum atomic E-state index is 0.146. The van der Waals surface area contributed by atoms with Crippen LogP contribution in [0.15, 0.2) is 24.3 Å². The van der Waals surface area contributed by atoms with Crippen LogP contribution in [0.4, 0.5) is 0 Å². The van der Waals surface area contributed by atoms with Crippen LogP contribution in [0, 0.1) is 0 Å². The maximum absolute atomic E-state index is 12.4. The molecule has 24 heavy (non-hydrogen) atoms. The molecule has 0 radical (unpaired) electrons. The van der Waals surface area contributed by atoms with Gasteiger partial charge in [-0.15, -0.1) is 0 Å². The van der Waals surface area contributed by atoms with E-state index in [1.165, 1.54) is 0 Å². The molecule has 0 aliphatic carbocycles. The van der Waals surface area contributed by atoms with E-state index in [-0.39, 0.29) is 5.91 Å². The fraction of sp³-hybridized carbons (Fsp3) is 0.611. The van der Waals surface area contributed by atoms with Gasteiger partial charge in [-0.1, -0.05) is 12.1 Å². The molecule has 1 heterocycles. The zero-order valence-electron chi connectivity index (χ0n) is 14.9. The zero-order valence-corrected chi connectivity index (χ0v) is 14.9. The summed E-state index contributed by atoms with van der Waals surface area (Å²) in [5.41, 5.74) is 5.76. The molecule has 1 fully saturated rings. The van der Waals surface area contributed by atoms with Gasteiger partial charge in [0.05, 0.1) is 13.7 Å². The lowest BCUT2D eigenvalue weighted by molar-refractivity contribution is -0.131. The Bertz CT molecular complexity index is 538. The van der Waals surface area contributed by atoms with Crippen molar-refractivity contribution in [3.63, 3.8) is 0 Å². The number of carbonyl (C=O) groups excluding carboxylic acids is 1. The van der Waals surface area contributed by atoms with Crippen LogP contribution in [0.25, 0.3) is 0 Å². The highest BCUT2D eigenvalue weighted by Crippen LogP contribution is 2.26. The summed E-state index contributed by atoms with van der Waals surface area (Å²) in [7, 11) is 5.50. The molecule has 0 saturated carbocycles. The summed E-state index contributed by atoms with van der Waals surface area (Å²) in [6, 6.07) is 8.21. The third-order valence-electron chi connectivity index (χ3n) is 4.85. The third-order valence-corrected chi connectivity index (χ3v) is 4.85. The molecule has 1 aromatic carbocycles. The lowest BCUT2D eigenvalue weighted by Gasteiger charge is -2.26. The zero-order chi connectivity index (χ0) is 17.5. The van der Waals surface area contributed by atoms with Crippen LogP contribution in [0.3, 0.4) is 0 Å². The molecule has 0 unspecified atom stereocenters. The highest BCUT2D eigenvalue weighted by molar-refractivity contribution is 5.76. The van der Waals surface area contributed by atoms with Crippen LogP contribution in [-0.4, -0.2) is 68.7 Å². The molecule has 1 aromatic rings. The molecule has 134 valence electrons. The number of nitrogens with two attached hydrogens (primary N) is 1. The van der Waals surface area contributed by atoms with E-state index >= 15 is 0 Å². The van der Waals surface area contributed by atoms with E-state index in [4.69, 9.17) is 15.2 Å². The molecule has 6 nitrogen and oxygen atoms in total. The Morgan fingerprint density at radius 1 is 1.29 bits per heavy atom. The number of rotatable bonds is 8. The molecule has 1 saturated heterocycles. The van der Waals surface area contributed by atoms with Gasteiger partial charge in [-0.05, 0) is 32.0 Å². The number of hydrogen-bond donors (Lipinski definition) is 1. The number of carbonyl (C=O) groups is 1. The Morgan fingerprint density at radius 2 is 1.96 bits per heavy atom. The summed E-state index contributed by atoms with van der Waals surface area (Å²) in [6.45, 7) is 1.64. The highest BCUT2D eigenvalue weighted by atomic mass is 16.5. The number of benzene rings is 1. The van der Waals surface area contributed by atoms with Crippen LogP contribution in [0.5, 0.6) is 11.5 Å². The second kappa shape index (κ2) is 8.89. The quantitative estimate of drug-likeness (QED) is 0.776. The molecule has 0 spiro atoms. The van der Waals surface area contributed by atoms with Crippen LogP contribution in [0.1, 0.15) is 19.3 Å². The summed E-state index contributed by atoms with van der Waals surface area (Å²) < 4.78 is 11.0. The van der Waals surface area contributed by atoms with Gasteiger partial charge in [0, 0.05) is 32.1 Å². The molecule has 0 aromatic heterocycles. The molecular formula is C18H29N3O3. The van der Waals surface area contributed by atoms with E-state index < -0.39 is 0 Å². The molecule has 1 aliphatic rings. The summed E-state index contributed by atoms with van der Waals surface area (Å²) in [4.78, 5) is 16.4. The van der Waals surface area contributed by atoms with Gasteiger partial charge in [0.15, 0.2) is 11.5 Å². The van der Waals surface area contributed by atoms with E-state index in [2.05, 4.69) is 11.9 Å². The van der Waals surface area contributed by atoms with Crippen LogP contribution >= 0.6 is 0 Å². The van der Waals surface area contributed by atoms with Gasteiger partial charge < -0.3 is 20.1 Å². The number of hydrogen-bond acceptors (Lipinski definition) is 5. The standard InChI is InChI=1S/C18H29N3O3/c1-20(10-11-24-17-7-5-4-6-16(17)23-3)18(22)12-14-8-9-15(13-19)21(14)2/h4-7,14-15H,8-13,19H2,1-3H3/t14-,15+/m0/s1. The lowest BCUT2D eigenvalue weighted by Crippen LogP contribution is -2.40. The summed E-state index contributed by atoms with van der Waals surface area (Å²) in [5, 5.41) is 0. The van der Waals surface area contributed by atoms with E-state index in [9.17, 15) is 4.79 Å². The van der Waals surface area contributed by atoms with E-state index in [0.717, 1.165) is 12.8 Å². The van der Waals surface area contributed by atoms with Gasteiger partial charge in [0.2, 0.25) is 5.91 Å². The van der Waals surface area contributed by atoms with Crippen LogP contribution in [-0.2, 0) is 4.79 Å². The van der Waals surface area contributed by atoms with E-state index in [1.54, 1.807) is 12.0 Å². The third kappa shape index (κ3) is 4.61. The van der Waals surface area contributed by atoms with E-state index in [0.29, 0.717) is 49.7 Å². The summed E-state index contributed by atoms with van der Waals surface area (Å²) in [5.74, 6) is 1.54. The average molecular weight is 335 g/mol. The minimum absolute atomic E-state index is 0.146. The monoisotopic (exact) mass is 335 g/mol. The van der Waals surface area contributed by atoms with E-state index in [1.807, 2.05) is 31.3 Å². The van der Waals surface area contributed by atoms with Gasteiger partial charge in [-0.3, -0.25) is 9.69 Å². The van der Waals surface area contributed by atoms with Crippen molar-refractivity contribution in [3.05, 3.63) is 24.3 Å². The average Bonchev–Trinajstić information content (AvgIpc) is 2.95. The first-order valence-corrected chi connectivity index (χ1v) is 8.48. The first-order valence-electron chi connectivity index (χ1n) is 8.48. The normalized spacial score (nSPS) is 20.8. The number of likely N-dealkylation sites (N-methyl/N-ethyl adjacent to an activating group) is 2. The van der Waals surface area contributed by atoms with Gasteiger partial charge >= 0.3 is 0 Å². The number of para-hydroxylation sites is 2. The fourth-order valence-electron chi connectivity index (χ4n) is 3.13. The molecule has 6 heteroatoms. The molecule has 1 aliphatic heterocycles. The molecule has 2 atom stereocenters. The lowest BCUT2D eigenvalue weighted by atomic mass is 10.1.